The van der Waals surface area contributed by atoms with E-state index in [2.05, 4.69) is 5.32 Å². The number of halogens is 1. The minimum absolute atomic E-state index is 0.175. The van der Waals surface area contributed by atoms with Crippen molar-refractivity contribution in [3.8, 4) is 0 Å². The molecule has 80 valence electrons. The molecule has 0 saturated heterocycles. The second-order valence-corrected chi connectivity index (χ2v) is 4.28. The first-order valence-corrected chi connectivity index (χ1v) is 4.81. The van der Waals surface area contributed by atoms with Crippen LogP contribution in [0.3, 0.4) is 0 Å². The first-order chi connectivity index (χ1) is 6.96. The van der Waals surface area contributed by atoms with Crippen LogP contribution in [0.1, 0.15) is 25.0 Å². The van der Waals surface area contributed by atoms with E-state index in [-0.39, 0.29) is 12.5 Å². The van der Waals surface area contributed by atoms with Gasteiger partial charge in [-0.25, -0.2) is 4.39 Å². The lowest BCUT2D eigenvalue weighted by atomic mass is 9.85. The summed E-state index contributed by atoms with van der Waals surface area (Å²) in [6.45, 7) is 3.82. The molecule has 1 aliphatic heterocycles. The van der Waals surface area contributed by atoms with Gasteiger partial charge in [0.05, 0.1) is 11.1 Å². The Morgan fingerprint density at radius 2 is 2.13 bits per heavy atom. The van der Waals surface area contributed by atoms with Gasteiger partial charge in [0.2, 0.25) is 5.91 Å². The van der Waals surface area contributed by atoms with Gasteiger partial charge in [0.15, 0.2) is 0 Å². The van der Waals surface area contributed by atoms with E-state index in [4.69, 9.17) is 5.73 Å². The molecule has 0 aromatic heterocycles. The molecular formula is C11H13FN2O. The van der Waals surface area contributed by atoms with Gasteiger partial charge >= 0.3 is 0 Å². The van der Waals surface area contributed by atoms with Crippen LogP contribution in [0.25, 0.3) is 0 Å². The van der Waals surface area contributed by atoms with Crippen molar-refractivity contribution in [2.24, 2.45) is 5.73 Å². The molecule has 0 unspecified atom stereocenters. The maximum Gasteiger partial charge on any atom is 0.234 e. The first kappa shape index (κ1) is 10.1. The Hall–Kier alpha value is -1.42. The number of hydrogen-bond donors (Lipinski definition) is 2. The normalized spacial score (nSPS) is 17.5. The molecule has 0 bridgehead atoms. The maximum absolute atomic E-state index is 13.6. The van der Waals surface area contributed by atoms with Crippen LogP contribution >= 0.6 is 0 Å². The number of nitrogens with two attached hydrogens (primary N) is 1. The quantitative estimate of drug-likeness (QED) is 0.735. The highest BCUT2D eigenvalue weighted by atomic mass is 19.1. The lowest BCUT2D eigenvalue weighted by Gasteiger charge is -2.15. The SMILES string of the molecule is CC1(C)C(=O)Nc2c(F)cc(CN)cc21. The van der Waals surface area contributed by atoms with Gasteiger partial charge < -0.3 is 11.1 Å². The van der Waals surface area contributed by atoms with E-state index in [0.29, 0.717) is 16.8 Å². The highest BCUT2D eigenvalue weighted by Gasteiger charge is 2.39. The summed E-state index contributed by atoms with van der Waals surface area (Å²) in [7, 11) is 0. The van der Waals surface area contributed by atoms with E-state index in [0.717, 1.165) is 0 Å². The number of carbonyl (C=O) groups is 1. The molecule has 0 spiro atoms. The summed E-state index contributed by atoms with van der Waals surface area (Å²) in [5.74, 6) is -0.586. The number of hydrogen-bond acceptors (Lipinski definition) is 2. The minimum Gasteiger partial charge on any atom is -0.326 e. The molecular weight excluding hydrogens is 195 g/mol. The van der Waals surface area contributed by atoms with E-state index >= 15 is 0 Å². The Balaban J connectivity index is 2.66. The van der Waals surface area contributed by atoms with Crippen molar-refractivity contribution in [1.29, 1.82) is 0 Å². The Bertz CT molecular complexity index is 440. The molecule has 1 aromatic carbocycles. The van der Waals surface area contributed by atoms with Gasteiger partial charge in [0.1, 0.15) is 5.82 Å². The summed E-state index contributed by atoms with van der Waals surface area (Å²) in [6, 6.07) is 3.15. The zero-order valence-electron chi connectivity index (χ0n) is 8.73. The van der Waals surface area contributed by atoms with Crippen molar-refractivity contribution in [2.75, 3.05) is 5.32 Å². The van der Waals surface area contributed by atoms with Crippen molar-refractivity contribution in [1.82, 2.24) is 0 Å². The van der Waals surface area contributed by atoms with Gasteiger partial charge in [-0.1, -0.05) is 6.07 Å². The van der Waals surface area contributed by atoms with Gasteiger partial charge in [0.25, 0.3) is 0 Å². The third kappa shape index (κ3) is 1.33. The lowest BCUT2D eigenvalue weighted by molar-refractivity contribution is -0.119. The Morgan fingerprint density at radius 1 is 1.47 bits per heavy atom. The average Bonchev–Trinajstić information content (AvgIpc) is 2.41. The molecule has 2 rings (SSSR count). The number of nitrogens with one attached hydrogen (secondary N) is 1. The monoisotopic (exact) mass is 208 g/mol. The van der Waals surface area contributed by atoms with Crippen LogP contribution < -0.4 is 11.1 Å². The number of amides is 1. The van der Waals surface area contributed by atoms with Gasteiger partial charge in [-0.2, -0.15) is 0 Å². The van der Waals surface area contributed by atoms with Crippen LogP contribution in [0.4, 0.5) is 10.1 Å². The topological polar surface area (TPSA) is 55.1 Å². The van der Waals surface area contributed by atoms with E-state index in [9.17, 15) is 9.18 Å². The van der Waals surface area contributed by atoms with Crippen molar-refractivity contribution >= 4 is 11.6 Å². The van der Waals surface area contributed by atoms with Crippen LogP contribution in [0.2, 0.25) is 0 Å². The largest absolute Gasteiger partial charge is 0.326 e. The smallest absolute Gasteiger partial charge is 0.234 e. The average molecular weight is 208 g/mol. The number of benzene rings is 1. The van der Waals surface area contributed by atoms with Crippen molar-refractivity contribution in [3.63, 3.8) is 0 Å². The lowest BCUT2D eigenvalue weighted by Crippen LogP contribution is -2.26. The zero-order valence-corrected chi connectivity index (χ0v) is 8.73. The second kappa shape index (κ2) is 3.03. The van der Waals surface area contributed by atoms with Crippen molar-refractivity contribution < 1.29 is 9.18 Å². The van der Waals surface area contributed by atoms with E-state index in [1.54, 1.807) is 19.9 Å². The molecule has 3 N–H and O–H groups in total. The number of fused-ring (bicyclic) bond motifs is 1. The van der Waals surface area contributed by atoms with E-state index < -0.39 is 11.2 Å². The Kier molecular flexibility index (Phi) is 2.04. The van der Waals surface area contributed by atoms with Gasteiger partial charge in [-0.05, 0) is 31.0 Å². The van der Waals surface area contributed by atoms with Crippen LogP contribution in [-0.4, -0.2) is 5.91 Å². The standard InChI is InChI=1S/C11H13FN2O/c1-11(2)7-3-6(5-13)4-8(12)9(7)14-10(11)15/h3-4H,5,13H2,1-2H3,(H,14,15). The van der Waals surface area contributed by atoms with Crippen molar-refractivity contribution in [3.05, 3.63) is 29.1 Å². The van der Waals surface area contributed by atoms with Crippen molar-refractivity contribution in [2.45, 2.75) is 25.8 Å². The summed E-state index contributed by atoms with van der Waals surface area (Å²) in [4.78, 5) is 11.6. The molecule has 1 amide bonds. The van der Waals surface area contributed by atoms with E-state index in [1.807, 2.05) is 0 Å². The molecule has 0 radical (unpaired) electrons. The highest BCUT2D eigenvalue weighted by Crippen LogP contribution is 2.39. The van der Waals surface area contributed by atoms with Crippen LogP contribution in [0.15, 0.2) is 12.1 Å². The van der Waals surface area contributed by atoms with Gasteiger partial charge in [-0.15, -0.1) is 0 Å². The fraction of sp³-hybridized carbons (Fsp3) is 0.364. The summed E-state index contributed by atoms with van der Waals surface area (Å²) in [6.07, 6.45) is 0. The number of rotatable bonds is 1. The maximum atomic E-state index is 13.6. The second-order valence-electron chi connectivity index (χ2n) is 4.28. The summed E-state index contributed by atoms with van der Waals surface area (Å²) < 4.78 is 13.6. The number of anilines is 1. The summed E-state index contributed by atoms with van der Waals surface area (Å²) in [5, 5.41) is 2.55. The molecule has 1 heterocycles. The minimum atomic E-state index is -0.679. The predicted octanol–water partition coefficient (Wildman–Crippen LogP) is 1.51. The summed E-state index contributed by atoms with van der Waals surface area (Å²) >= 11 is 0. The molecule has 0 saturated carbocycles. The fourth-order valence-electron chi connectivity index (χ4n) is 1.79. The van der Waals surface area contributed by atoms with Gasteiger partial charge in [0, 0.05) is 6.54 Å². The molecule has 1 aromatic rings. The Morgan fingerprint density at radius 3 is 2.73 bits per heavy atom. The molecule has 1 aliphatic rings. The third-order valence-corrected chi connectivity index (χ3v) is 2.87. The molecule has 15 heavy (non-hydrogen) atoms. The molecule has 4 heteroatoms. The zero-order chi connectivity index (χ0) is 11.2. The molecule has 0 aliphatic carbocycles. The highest BCUT2D eigenvalue weighted by molar-refractivity contribution is 6.05. The first-order valence-electron chi connectivity index (χ1n) is 4.81. The molecule has 3 nitrogen and oxygen atoms in total. The third-order valence-electron chi connectivity index (χ3n) is 2.87. The van der Waals surface area contributed by atoms with Crippen LogP contribution in [-0.2, 0) is 16.8 Å². The Labute approximate surface area is 87.5 Å². The van der Waals surface area contributed by atoms with E-state index in [1.165, 1.54) is 6.07 Å². The van der Waals surface area contributed by atoms with Gasteiger partial charge in [-0.3, -0.25) is 4.79 Å². The van der Waals surface area contributed by atoms with Crippen LogP contribution in [0.5, 0.6) is 0 Å². The molecule has 0 fully saturated rings. The molecule has 0 atom stereocenters. The fourth-order valence-corrected chi connectivity index (χ4v) is 1.79. The summed E-state index contributed by atoms with van der Waals surface area (Å²) in [5.41, 5.74) is 6.47. The van der Waals surface area contributed by atoms with Crippen LogP contribution in [0, 0.1) is 5.82 Å². The predicted molar refractivity (Wildman–Crippen MR) is 55.9 cm³/mol. The number of carbonyl (C=O) groups excluding carboxylic acids is 1.